The van der Waals surface area contributed by atoms with Crippen LogP contribution in [0.1, 0.15) is 87.5 Å². The van der Waals surface area contributed by atoms with Crippen molar-refractivity contribution in [3.8, 4) is 0 Å². The van der Waals surface area contributed by atoms with Crippen molar-refractivity contribution >= 4 is 23.4 Å². The van der Waals surface area contributed by atoms with Gasteiger partial charge in [0.2, 0.25) is 17.7 Å². The zero-order chi connectivity index (χ0) is 29.7. The molecule has 3 heterocycles. The minimum absolute atomic E-state index is 0.0255. The molecule has 0 aromatic heterocycles. The highest BCUT2D eigenvalue weighted by molar-refractivity contribution is 6.02. The molecule has 3 N–H and O–H groups in total. The Balaban J connectivity index is 1.78. The standard InChI is InChI=1S/C32H49N3O5/c1-9-20(3)22(18-36)35-25(27(38)34-30(7,8)19-29(4,5)6)32-17-16-31(10-2,40-32)23(24(32)28(35)39)26(37)33-21-14-12-11-13-15-21/h11-15,20,22-25,36H,9-10,16-19H2,1-8H3,(H,33,37)(H,34,38)/t20-,22-,23-,24-,25?,31+,32?/m0/s1. The van der Waals surface area contributed by atoms with Gasteiger partial charge < -0.3 is 25.4 Å². The normalized spacial score (nSPS) is 31.2. The van der Waals surface area contributed by atoms with Gasteiger partial charge in [0.1, 0.15) is 11.6 Å². The van der Waals surface area contributed by atoms with E-state index in [0.717, 1.165) is 12.8 Å². The first-order valence-electron chi connectivity index (χ1n) is 15.0. The lowest BCUT2D eigenvalue weighted by molar-refractivity contribution is -0.152. The molecule has 8 heteroatoms. The Morgan fingerprint density at radius 1 is 1.10 bits per heavy atom. The van der Waals surface area contributed by atoms with Crippen LogP contribution in [0, 0.1) is 23.2 Å². The second-order valence-corrected chi connectivity index (χ2v) is 14.2. The number of ether oxygens (including phenoxy) is 1. The van der Waals surface area contributed by atoms with Gasteiger partial charge in [0, 0.05) is 11.2 Å². The van der Waals surface area contributed by atoms with E-state index in [0.29, 0.717) is 24.9 Å². The largest absolute Gasteiger partial charge is 0.394 e. The van der Waals surface area contributed by atoms with E-state index in [1.165, 1.54) is 0 Å². The molecule has 3 aliphatic rings. The van der Waals surface area contributed by atoms with E-state index in [1.807, 2.05) is 65.0 Å². The molecule has 7 atom stereocenters. The lowest BCUT2D eigenvalue weighted by Crippen LogP contribution is -2.62. The summed E-state index contributed by atoms with van der Waals surface area (Å²) in [5.74, 6) is -2.39. The number of amides is 3. The predicted molar refractivity (Wildman–Crippen MR) is 155 cm³/mol. The first-order chi connectivity index (χ1) is 18.6. The van der Waals surface area contributed by atoms with Gasteiger partial charge in [-0.2, -0.15) is 0 Å². The minimum Gasteiger partial charge on any atom is -0.394 e. The van der Waals surface area contributed by atoms with E-state index in [4.69, 9.17) is 4.74 Å². The van der Waals surface area contributed by atoms with Crippen LogP contribution in [-0.2, 0) is 19.1 Å². The Morgan fingerprint density at radius 2 is 1.75 bits per heavy atom. The Kier molecular flexibility index (Phi) is 8.20. The summed E-state index contributed by atoms with van der Waals surface area (Å²) in [6, 6.07) is 7.73. The molecule has 222 valence electrons. The molecule has 3 amide bonds. The number of carbonyl (C=O) groups is 3. The van der Waals surface area contributed by atoms with Crippen molar-refractivity contribution < 1.29 is 24.2 Å². The molecule has 3 saturated heterocycles. The summed E-state index contributed by atoms with van der Waals surface area (Å²) in [5, 5.41) is 16.8. The molecule has 1 aromatic carbocycles. The highest BCUT2D eigenvalue weighted by atomic mass is 16.5. The fraction of sp³-hybridized carbons (Fsp3) is 0.719. The Bertz CT molecular complexity index is 1120. The van der Waals surface area contributed by atoms with Crippen LogP contribution in [0.2, 0.25) is 0 Å². The molecular weight excluding hydrogens is 506 g/mol. The number of rotatable bonds is 10. The van der Waals surface area contributed by atoms with Crippen molar-refractivity contribution in [2.24, 2.45) is 23.2 Å². The maximum Gasteiger partial charge on any atom is 0.246 e. The number of nitrogens with zero attached hydrogens (tertiary/aromatic N) is 1. The van der Waals surface area contributed by atoms with Gasteiger partial charge in [-0.05, 0) is 63.0 Å². The number of para-hydroxylation sites is 1. The van der Waals surface area contributed by atoms with Crippen LogP contribution in [0.15, 0.2) is 30.3 Å². The van der Waals surface area contributed by atoms with Crippen molar-refractivity contribution in [2.45, 2.75) is 116 Å². The monoisotopic (exact) mass is 555 g/mol. The van der Waals surface area contributed by atoms with Crippen molar-refractivity contribution in [3.63, 3.8) is 0 Å². The summed E-state index contributed by atoms with van der Waals surface area (Å²) in [5.41, 5.74) is -1.86. The van der Waals surface area contributed by atoms with Gasteiger partial charge in [-0.25, -0.2) is 0 Å². The van der Waals surface area contributed by atoms with Crippen molar-refractivity contribution in [1.29, 1.82) is 0 Å². The molecule has 0 radical (unpaired) electrons. The third-order valence-corrected chi connectivity index (χ3v) is 9.47. The van der Waals surface area contributed by atoms with Crippen molar-refractivity contribution in [2.75, 3.05) is 11.9 Å². The fourth-order valence-electron chi connectivity index (χ4n) is 8.04. The second kappa shape index (κ2) is 10.8. The van der Waals surface area contributed by atoms with E-state index in [2.05, 4.69) is 31.4 Å². The van der Waals surface area contributed by atoms with Gasteiger partial charge in [0.05, 0.1) is 30.1 Å². The summed E-state index contributed by atoms with van der Waals surface area (Å²) in [4.78, 5) is 44.4. The minimum atomic E-state index is -1.13. The van der Waals surface area contributed by atoms with E-state index in [1.54, 1.807) is 4.90 Å². The number of hydrogen-bond donors (Lipinski definition) is 3. The molecule has 2 unspecified atom stereocenters. The number of aliphatic hydroxyl groups is 1. The Labute approximate surface area is 239 Å². The SMILES string of the molecule is CC[C@H](C)[C@H](CO)N1C(=O)[C@@H]2[C@@H](C(=O)Nc3ccccc3)[C@@]3(CC)CCC2(O3)C1C(=O)NC(C)(C)CC(C)(C)C. The molecule has 3 fully saturated rings. The Morgan fingerprint density at radius 3 is 2.30 bits per heavy atom. The van der Waals surface area contributed by atoms with Crippen LogP contribution in [0.3, 0.4) is 0 Å². The lowest BCUT2D eigenvalue weighted by atomic mass is 9.65. The molecule has 0 aliphatic carbocycles. The van der Waals surface area contributed by atoms with Crippen LogP contribution in [0.25, 0.3) is 0 Å². The number of nitrogens with one attached hydrogen (secondary N) is 2. The van der Waals surface area contributed by atoms with Crippen molar-refractivity contribution in [3.05, 3.63) is 30.3 Å². The van der Waals surface area contributed by atoms with Crippen LogP contribution >= 0.6 is 0 Å². The number of hydrogen-bond acceptors (Lipinski definition) is 5. The fourth-order valence-corrected chi connectivity index (χ4v) is 8.04. The van der Waals surface area contributed by atoms with Gasteiger partial charge in [0.15, 0.2) is 0 Å². The summed E-state index contributed by atoms with van der Waals surface area (Å²) in [6.07, 6.45) is 3.13. The average molecular weight is 556 g/mol. The van der Waals surface area contributed by atoms with E-state index < -0.39 is 40.7 Å². The van der Waals surface area contributed by atoms with Gasteiger partial charge in [-0.1, -0.05) is 66.2 Å². The molecule has 3 aliphatic heterocycles. The number of likely N-dealkylation sites (tertiary alicyclic amines) is 1. The van der Waals surface area contributed by atoms with Crippen LogP contribution < -0.4 is 10.6 Å². The summed E-state index contributed by atoms with van der Waals surface area (Å²) >= 11 is 0. The number of carbonyl (C=O) groups excluding carboxylic acids is 3. The molecular formula is C32H49N3O5. The zero-order valence-electron chi connectivity index (χ0n) is 25.5. The lowest BCUT2D eigenvalue weighted by Gasteiger charge is -2.41. The topological polar surface area (TPSA) is 108 Å². The summed E-state index contributed by atoms with van der Waals surface area (Å²) < 4.78 is 6.88. The van der Waals surface area contributed by atoms with Crippen LogP contribution in [0.5, 0.6) is 0 Å². The molecule has 1 aromatic rings. The average Bonchev–Trinajstić information content (AvgIpc) is 3.47. The smallest absolute Gasteiger partial charge is 0.246 e. The maximum absolute atomic E-state index is 14.5. The van der Waals surface area contributed by atoms with Gasteiger partial charge in [0.25, 0.3) is 0 Å². The molecule has 8 nitrogen and oxygen atoms in total. The number of anilines is 1. The molecule has 2 bridgehead atoms. The van der Waals surface area contributed by atoms with Gasteiger partial charge >= 0.3 is 0 Å². The predicted octanol–water partition coefficient (Wildman–Crippen LogP) is 4.52. The molecule has 0 saturated carbocycles. The van der Waals surface area contributed by atoms with Crippen LogP contribution in [-0.4, -0.2) is 63.2 Å². The first kappa shape index (κ1) is 30.5. The third-order valence-electron chi connectivity index (χ3n) is 9.47. The molecule has 4 rings (SSSR count). The number of benzene rings is 1. The molecule has 40 heavy (non-hydrogen) atoms. The highest BCUT2D eigenvalue weighted by Crippen LogP contribution is 2.64. The number of aliphatic hydroxyl groups excluding tert-OH is 1. The zero-order valence-corrected chi connectivity index (χ0v) is 25.5. The Hall–Kier alpha value is -2.45. The van der Waals surface area contributed by atoms with E-state index >= 15 is 0 Å². The van der Waals surface area contributed by atoms with E-state index in [-0.39, 0.29) is 35.7 Å². The maximum atomic E-state index is 14.5. The second-order valence-electron chi connectivity index (χ2n) is 14.2. The number of fused-ring (bicyclic) bond motifs is 1. The molecule has 1 spiro atoms. The highest BCUT2D eigenvalue weighted by Gasteiger charge is 2.79. The third kappa shape index (κ3) is 5.18. The quantitative estimate of drug-likeness (QED) is 0.394. The van der Waals surface area contributed by atoms with E-state index in [9.17, 15) is 19.5 Å². The van der Waals surface area contributed by atoms with Gasteiger partial charge in [-0.3, -0.25) is 14.4 Å². The van der Waals surface area contributed by atoms with Crippen molar-refractivity contribution in [1.82, 2.24) is 10.2 Å². The van der Waals surface area contributed by atoms with Crippen LogP contribution in [0.4, 0.5) is 5.69 Å². The summed E-state index contributed by atoms with van der Waals surface area (Å²) in [6.45, 7) is 16.1. The summed E-state index contributed by atoms with van der Waals surface area (Å²) in [7, 11) is 0. The first-order valence-corrected chi connectivity index (χ1v) is 15.0. The van der Waals surface area contributed by atoms with Gasteiger partial charge in [-0.15, -0.1) is 0 Å².